The summed E-state index contributed by atoms with van der Waals surface area (Å²) in [6, 6.07) is 12.7. The Hall–Kier alpha value is -2.58. The predicted molar refractivity (Wildman–Crippen MR) is 82.0 cm³/mol. The van der Waals surface area contributed by atoms with Crippen LogP contribution in [0, 0.1) is 41.4 Å². The fourth-order valence-electron chi connectivity index (χ4n) is 3.28. The minimum absolute atomic E-state index is 0.122. The number of nitriles is 2. The van der Waals surface area contributed by atoms with Gasteiger partial charge >= 0.3 is 0 Å². The first-order valence-corrected chi connectivity index (χ1v) is 7.20. The Morgan fingerprint density at radius 3 is 2.43 bits per heavy atom. The quantitative estimate of drug-likeness (QED) is 0.568. The molecule has 0 radical (unpaired) electrons. The summed E-state index contributed by atoms with van der Waals surface area (Å²) in [7, 11) is 0. The molecule has 0 N–H and O–H groups in total. The van der Waals surface area contributed by atoms with Gasteiger partial charge in [-0.1, -0.05) is 54.1 Å². The maximum absolute atomic E-state index is 9.20. The summed E-state index contributed by atoms with van der Waals surface area (Å²) >= 11 is 0. The third kappa shape index (κ3) is 2.41. The van der Waals surface area contributed by atoms with Crippen molar-refractivity contribution in [3.05, 3.63) is 70.8 Å². The lowest BCUT2D eigenvalue weighted by atomic mass is 9.74. The summed E-state index contributed by atoms with van der Waals surface area (Å²) in [6.45, 7) is 2.08. The van der Waals surface area contributed by atoms with E-state index in [0.29, 0.717) is 11.8 Å². The molecule has 3 aliphatic rings. The van der Waals surface area contributed by atoms with Crippen molar-refractivity contribution in [2.24, 2.45) is 11.8 Å². The topological polar surface area (TPSA) is 47.6 Å². The minimum atomic E-state index is 0.122. The molecule has 3 unspecified atom stereocenters. The highest BCUT2D eigenvalue weighted by Crippen LogP contribution is 2.44. The summed E-state index contributed by atoms with van der Waals surface area (Å²) < 4.78 is 0. The standard InChI is InChI=1S/C19H16N2/c1-13-2-6-15(7-3-13)19-10-14-4-8-17(16(11-20)12-21)18(19)9-5-14/h2-9,14,18-19H,10H2,1H3. The summed E-state index contributed by atoms with van der Waals surface area (Å²) in [6.07, 6.45) is 9.50. The number of aryl methyl sites for hydroxylation is 1. The van der Waals surface area contributed by atoms with E-state index in [2.05, 4.69) is 49.4 Å². The summed E-state index contributed by atoms with van der Waals surface area (Å²) in [5.74, 6) is 0.850. The van der Waals surface area contributed by atoms with Crippen molar-refractivity contribution in [3.63, 3.8) is 0 Å². The zero-order valence-electron chi connectivity index (χ0n) is 12.0. The van der Waals surface area contributed by atoms with Crippen molar-refractivity contribution < 1.29 is 0 Å². The van der Waals surface area contributed by atoms with Gasteiger partial charge in [0.05, 0.1) is 0 Å². The number of hydrogen-bond donors (Lipinski definition) is 0. The zero-order chi connectivity index (χ0) is 14.8. The molecule has 102 valence electrons. The zero-order valence-corrected chi connectivity index (χ0v) is 12.0. The summed E-state index contributed by atoms with van der Waals surface area (Å²) in [5, 5.41) is 18.4. The second kappa shape index (κ2) is 5.43. The average Bonchev–Trinajstić information content (AvgIpc) is 2.82. The van der Waals surface area contributed by atoms with E-state index in [0.717, 1.165) is 12.0 Å². The molecule has 0 aliphatic heterocycles. The SMILES string of the molecule is Cc1ccc(C2CC3C=CC(=C(C#N)C#N)C2C=C3)cc1. The van der Waals surface area contributed by atoms with Gasteiger partial charge in [-0.25, -0.2) is 0 Å². The molecule has 2 heteroatoms. The molecule has 2 nitrogen and oxygen atoms in total. The molecule has 1 aromatic carbocycles. The number of rotatable bonds is 1. The van der Waals surface area contributed by atoms with Gasteiger partial charge < -0.3 is 0 Å². The largest absolute Gasteiger partial charge is 0.192 e. The molecule has 3 atom stereocenters. The van der Waals surface area contributed by atoms with Crippen LogP contribution in [0.5, 0.6) is 0 Å². The molecule has 0 fully saturated rings. The smallest absolute Gasteiger partial charge is 0.133 e. The van der Waals surface area contributed by atoms with E-state index < -0.39 is 0 Å². The van der Waals surface area contributed by atoms with Crippen LogP contribution >= 0.6 is 0 Å². The molecule has 4 rings (SSSR count). The van der Waals surface area contributed by atoms with E-state index in [1.807, 2.05) is 18.2 Å². The van der Waals surface area contributed by atoms with Crippen molar-refractivity contribution >= 4 is 0 Å². The maximum Gasteiger partial charge on any atom is 0.133 e. The molecule has 21 heavy (non-hydrogen) atoms. The van der Waals surface area contributed by atoms with Gasteiger partial charge in [0, 0.05) is 5.92 Å². The van der Waals surface area contributed by atoms with Crippen LogP contribution in [0.1, 0.15) is 23.5 Å². The molecule has 0 aromatic heterocycles. The van der Waals surface area contributed by atoms with Crippen LogP contribution < -0.4 is 0 Å². The van der Waals surface area contributed by atoms with Gasteiger partial charge in [-0.15, -0.1) is 0 Å². The lowest BCUT2D eigenvalue weighted by Crippen LogP contribution is -2.18. The normalized spacial score (nSPS) is 26.0. The second-order valence-corrected chi connectivity index (χ2v) is 5.74. The molecule has 2 bridgehead atoms. The fraction of sp³-hybridized carbons (Fsp3) is 0.263. The van der Waals surface area contributed by atoms with E-state index in [-0.39, 0.29) is 11.5 Å². The van der Waals surface area contributed by atoms with Crippen LogP contribution in [0.25, 0.3) is 0 Å². The summed E-state index contributed by atoms with van der Waals surface area (Å²) in [5.41, 5.74) is 3.63. The molecule has 3 aliphatic carbocycles. The summed E-state index contributed by atoms with van der Waals surface area (Å²) in [4.78, 5) is 0. The molecular weight excluding hydrogens is 256 g/mol. The van der Waals surface area contributed by atoms with Gasteiger partial charge in [-0.05, 0) is 36.3 Å². The Morgan fingerprint density at radius 2 is 1.76 bits per heavy atom. The van der Waals surface area contributed by atoms with Crippen molar-refractivity contribution in [1.82, 2.24) is 0 Å². The molecule has 0 spiro atoms. The van der Waals surface area contributed by atoms with Gasteiger partial charge in [0.2, 0.25) is 0 Å². The van der Waals surface area contributed by atoms with Gasteiger partial charge in [0.1, 0.15) is 17.7 Å². The van der Waals surface area contributed by atoms with Crippen molar-refractivity contribution in [1.29, 1.82) is 10.5 Å². The maximum atomic E-state index is 9.20. The number of benzene rings is 1. The van der Waals surface area contributed by atoms with E-state index in [1.165, 1.54) is 11.1 Å². The van der Waals surface area contributed by atoms with Gasteiger partial charge in [0.15, 0.2) is 0 Å². The second-order valence-electron chi connectivity index (χ2n) is 5.74. The lowest BCUT2D eigenvalue weighted by molar-refractivity contribution is 0.481. The molecular formula is C19H16N2. The van der Waals surface area contributed by atoms with E-state index in [9.17, 15) is 10.5 Å². The van der Waals surface area contributed by atoms with Crippen LogP contribution in [0.15, 0.2) is 59.7 Å². The van der Waals surface area contributed by atoms with Crippen LogP contribution in [0.2, 0.25) is 0 Å². The van der Waals surface area contributed by atoms with Crippen LogP contribution in [0.3, 0.4) is 0 Å². The van der Waals surface area contributed by atoms with Crippen LogP contribution in [-0.2, 0) is 0 Å². The Bertz CT molecular complexity index is 704. The van der Waals surface area contributed by atoms with Crippen LogP contribution in [0.4, 0.5) is 0 Å². The fourth-order valence-corrected chi connectivity index (χ4v) is 3.28. The molecule has 0 saturated heterocycles. The van der Waals surface area contributed by atoms with Crippen molar-refractivity contribution in [2.45, 2.75) is 19.3 Å². The highest BCUT2D eigenvalue weighted by Gasteiger charge is 2.32. The van der Waals surface area contributed by atoms with Gasteiger partial charge in [-0.3, -0.25) is 0 Å². The predicted octanol–water partition coefficient (Wildman–Crippen LogP) is 4.18. The highest BCUT2D eigenvalue weighted by molar-refractivity contribution is 5.50. The Morgan fingerprint density at radius 1 is 1.05 bits per heavy atom. The van der Waals surface area contributed by atoms with Crippen LogP contribution in [-0.4, -0.2) is 0 Å². The highest BCUT2D eigenvalue weighted by atomic mass is 14.4. The monoisotopic (exact) mass is 272 g/mol. The van der Waals surface area contributed by atoms with Gasteiger partial charge in [0.25, 0.3) is 0 Å². The van der Waals surface area contributed by atoms with Crippen molar-refractivity contribution in [2.75, 3.05) is 0 Å². The third-order valence-electron chi connectivity index (χ3n) is 4.43. The molecule has 0 heterocycles. The van der Waals surface area contributed by atoms with Gasteiger partial charge in [-0.2, -0.15) is 10.5 Å². The minimum Gasteiger partial charge on any atom is -0.192 e. The molecule has 0 saturated carbocycles. The number of fused-ring (bicyclic) bond motifs is 2. The Balaban J connectivity index is 2.08. The first-order chi connectivity index (χ1) is 10.2. The van der Waals surface area contributed by atoms with E-state index in [1.54, 1.807) is 0 Å². The Kier molecular flexibility index (Phi) is 3.46. The van der Waals surface area contributed by atoms with E-state index >= 15 is 0 Å². The molecule has 1 aromatic rings. The third-order valence-corrected chi connectivity index (χ3v) is 4.43. The Labute approximate surface area is 125 Å². The molecule has 0 amide bonds. The van der Waals surface area contributed by atoms with Crippen molar-refractivity contribution in [3.8, 4) is 12.1 Å². The number of allylic oxidation sites excluding steroid dienone is 6. The number of hydrogen-bond acceptors (Lipinski definition) is 2. The average molecular weight is 272 g/mol. The number of nitrogens with zero attached hydrogens (tertiary/aromatic N) is 2. The first kappa shape index (κ1) is 13.4. The lowest BCUT2D eigenvalue weighted by Gasteiger charge is -2.29. The first-order valence-electron chi connectivity index (χ1n) is 7.20. The van der Waals surface area contributed by atoms with E-state index in [4.69, 9.17) is 0 Å².